The molecule has 0 radical (unpaired) electrons. The first-order valence-corrected chi connectivity index (χ1v) is 6.89. The number of nitrogen functional groups attached to an aromatic ring is 1. The molecule has 0 aliphatic carbocycles. The predicted octanol–water partition coefficient (Wildman–Crippen LogP) is 1.29. The molecule has 0 heterocycles. The Bertz CT molecular complexity index is 520. The number of nitrogens with two attached hydrogens (primary N) is 1. The zero-order valence-corrected chi connectivity index (χ0v) is 10.1. The van der Waals surface area contributed by atoms with Gasteiger partial charge in [0.2, 0.25) is 0 Å². The highest BCUT2D eigenvalue weighted by molar-refractivity contribution is 7.90. The Hall–Kier alpha value is -1.25. The third-order valence-corrected chi connectivity index (χ3v) is 4.01. The molecular weight excluding hydrogens is 248 g/mol. The molecule has 0 spiro atoms. The van der Waals surface area contributed by atoms with Gasteiger partial charge >= 0.3 is 0 Å². The predicted molar refractivity (Wildman–Crippen MR) is 63.8 cm³/mol. The van der Waals surface area contributed by atoms with Crippen LogP contribution in [0.3, 0.4) is 0 Å². The van der Waals surface area contributed by atoms with Gasteiger partial charge in [0.15, 0.2) is 9.84 Å². The molecule has 0 aliphatic heterocycles. The average molecular weight is 259 g/mol. The summed E-state index contributed by atoms with van der Waals surface area (Å²) in [5.74, 6) is -0.216. The molecule has 0 fully saturated rings. The first kappa shape index (κ1) is 12.8. The van der Waals surface area contributed by atoms with Crippen molar-refractivity contribution in [3.05, 3.63) is 29.3 Å². The molecule has 4 nitrogen and oxygen atoms in total. The van der Waals surface area contributed by atoms with E-state index in [0.717, 1.165) is 0 Å². The van der Waals surface area contributed by atoms with Gasteiger partial charge in [-0.1, -0.05) is 6.07 Å². The summed E-state index contributed by atoms with van der Waals surface area (Å²) in [6.07, 6.45) is 0. The Kier molecular flexibility index (Phi) is 4.16. The third-order valence-electron chi connectivity index (χ3n) is 2.02. The summed E-state index contributed by atoms with van der Waals surface area (Å²) < 4.78 is 23.1. The summed E-state index contributed by atoms with van der Waals surface area (Å²) in [4.78, 5) is 0. The Morgan fingerprint density at radius 1 is 1.44 bits per heavy atom. The first-order valence-electron chi connectivity index (χ1n) is 4.53. The van der Waals surface area contributed by atoms with Crippen molar-refractivity contribution in [3.63, 3.8) is 0 Å². The lowest BCUT2D eigenvalue weighted by Crippen LogP contribution is -2.11. The van der Waals surface area contributed by atoms with E-state index in [1.54, 1.807) is 12.1 Å². The van der Waals surface area contributed by atoms with Crippen LogP contribution in [0.5, 0.6) is 0 Å². The van der Waals surface area contributed by atoms with Crippen molar-refractivity contribution in [1.82, 2.24) is 0 Å². The van der Waals surface area contributed by atoms with Gasteiger partial charge in [-0.3, -0.25) is 0 Å². The van der Waals surface area contributed by atoms with Gasteiger partial charge in [0.25, 0.3) is 0 Å². The quantitative estimate of drug-likeness (QED) is 0.652. The molecule has 16 heavy (non-hydrogen) atoms. The molecule has 0 unspecified atom stereocenters. The van der Waals surface area contributed by atoms with Crippen molar-refractivity contribution in [3.8, 4) is 6.07 Å². The van der Waals surface area contributed by atoms with E-state index in [1.165, 1.54) is 6.07 Å². The molecule has 0 aromatic heterocycles. The summed E-state index contributed by atoms with van der Waals surface area (Å²) in [6, 6.07) is 6.52. The second-order valence-corrected chi connectivity index (χ2v) is 5.87. The number of rotatable bonds is 4. The SMILES string of the molecule is N#Cc1cc(N)ccc1CS(=O)(=O)CCCl. The molecule has 0 aliphatic rings. The highest BCUT2D eigenvalue weighted by Crippen LogP contribution is 2.16. The summed E-state index contributed by atoms with van der Waals surface area (Å²) in [5.41, 5.74) is 6.69. The zero-order valence-electron chi connectivity index (χ0n) is 8.48. The van der Waals surface area contributed by atoms with Gasteiger partial charge < -0.3 is 5.73 Å². The van der Waals surface area contributed by atoms with Crippen LogP contribution >= 0.6 is 11.6 Å². The summed E-state index contributed by atoms with van der Waals surface area (Å²) in [6.45, 7) is 0. The van der Waals surface area contributed by atoms with Crippen LogP contribution in [-0.4, -0.2) is 20.1 Å². The maximum atomic E-state index is 11.5. The topological polar surface area (TPSA) is 83.9 Å². The second kappa shape index (κ2) is 5.19. The maximum Gasteiger partial charge on any atom is 0.155 e. The Morgan fingerprint density at radius 2 is 2.12 bits per heavy atom. The van der Waals surface area contributed by atoms with Crippen LogP contribution < -0.4 is 5.73 Å². The molecule has 0 saturated carbocycles. The fourth-order valence-corrected chi connectivity index (χ4v) is 3.06. The summed E-state index contributed by atoms with van der Waals surface area (Å²) >= 11 is 5.39. The number of nitrogens with zero attached hydrogens (tertiary/aromatic N) is 1. The lowest BCUT2D eigenvalue weighted by molar-refractivity contribution is 0.596. The number of sulfone groups is 1. The number of halogens is 1. The Morgan fingerprint density at radius 3 is 2.69 bits per heavy atom. The number of nitriles is 1. The monoisotopic (exact) mass is 258 g/mol. The van der Waals surface area contributed by atoms with Crippen molar-refractivity contribution < 1.29 is 8.42 Å². The van der Waals surface area contributed by atoms with E-state index in [4.69, 9.17) is 22.6 Å². The molecule has 86 valence electrons. The molecule has 1 aromatic rings. The van der Waals surface area contributed by atoms with Crippen molar-refractivity contribution >= 4 is 27.1 Å². The van der Waals surface area contributed by atoms with Crippen LogP contribution in [0.1, 0.15) is 11.1 Å². The maximum absolute atomic E-state index is 11.5. The number of alkyl halides is 1. The Balaban J connectivity index is 3.03. The minimum absolute atomic E-state index is 0.0548. The summed E-state index contributed by atoms with van der Waals surface area (Å²) in [5, 5.41) is 8.84. The van der Waals surface area contributed by atoms with E-state index in [2.05, 4.69) is 0 Å². The van der Waals surface area contributed by atoms with Crippen molar-refractivity contribution in [2.75, 3.05) is 17.4 Å². The van der Waals surface area contributed by atoms with Gasteiger partial charge in [-0.05, 0) is 17.7 Å². The first-order chi connectivity index (χ1) is 7.48. The van der Waals surface area contributed by atoms with E-state index in [-0.39, 0.29) is 22.9 Å². The van der Waals surface area contributed by atoms with E-state index >= 15 is 0 Å². The Labute approximate surface area is 99.6 Å². The van der Waals surface area contributed by atoms with E-state index < -0.39 is 9.84 Å². The van der Waals surface area contributed by atoms with Crippen LogP contribution in [-0.2, 0) is 15.6 Å². The van der Waals surface area contributed by atoms with Crippen molar-refractivity contribution in [2.45, 2.75) is 5.75 Å². The number of anilines is 1. The molecule has 0 amide bonds. The fourth-order valence-electron chi connectivity index (χ4n) is 1.25. The molecule has 1 rings (SSSR count). The number of hydrogen-bond acceptors (Lipinski definition) is 4. The van der Waals surface area contributed by atoms with Crippen LogP contribution in [0, 0.1) is 11.3 Å². The molecule has 0 atom stereocenters. The van der Waals surface area contributed by atoms with E-state index in [1.807, 2.05) is 6.07 Å². The lowest BCUT2D eigenvalue weighted by atomic mass is 10.1. The minimum Gasteiger partial charge on any atom is -0.399 e. The molecule has 6 heteroatoms. The minimum atomic E-state index is -3.25. The molecule has 2 N–H and O–H groups in total. The van der Waals surface area contributed by atoms with Crippen molar-refractivity contribution in [2.24, 2.45) is 0 Å². The van der Waals surface area contributed by atoms with E-state index in [0.29, 0.717) is 11.3 Å². The number of benzene rings is 1. The summed E-state index contributed by atoms with van der Waals surface area (Å²) in [7, 11) is -3.25. The zero-order chi connectivity index (χ0) is 12.2. The molecule has 0 bridgehead atoms. The van der Waals surface area contributed by atoms with Gasteiger partial charge in [-0.15, -0.1) is 11.6 Å². The largest absolute Gasteiger partial charge is 0.399 e. The molecular formula is C10H11ClN2O2S. The van der Waals surface area contributed by atoms with Gasteiger partial charge in [0.05, 0.1) is 23.1 Å². The van der Waals surface area contributed by atoms with E-state index in [9.17, 15) is 8.42 Å². The molecule has 1 aromatic carbocycles. The fraction of sp³-hybridized carbons (Fsp3) is 0.300. The smallest absolute Gasteiger partial charge is 0.155 e. The van der Waals surface area contributed by atoms with Gasteiger partial charge in [0, 0.05) is 11.6 Å². The standard InChI is InChI=1S/C10H11ClN2O2S/c11-3-4-16(14,15)7-8-1-2-10(13)5-9(8)6-12/h1-2,5H,3-4,7,13H2. The highest BCUT2D eigenvalue weighted by atomic mass is 35.5. The van der Waals surface area contributed by atoms with Crippen LogP contribution in [0.25, 0.3) is 0 Å². The second-order valence-electron chi connectivity index (χ2n) is 3.31. The van der Waals surface area contributed by atoms with Crippen LogP contribution in [0.15, 0.2) is 18.2 Å². The molecule has 0 saturated heterocycles. The van der Waals surface area contributed by atoms with Crippen LogP contribution in [0.2, 0.25) is 0 Å². The highest BCUT2D eigenvalue weighted by Gasteiger charge is 2.14. The number of hydrogen-bond donors (Lipinski definition) is 1. The third kappa shape index (κ3) is 3.40. The van der Waals surface area contributed by atoms with Gasteiger partial charge in [-0.25, -0.2) is 8.42 Å². The lowest BCUT2D eigenvalue weighted by Gasteiger charge is -2.05. The normalized spacial score (nSPS) is 11.0. The van der Waals surface area contributed by atoms with Gasteiger partial charge in [0.1, 0.15) is 0 Å². The average Bonchev–Trinajstić information content (AvgIpc) is 2.20. The van der Waals surface area contributed by atoms with Crippen molar-refractivity contribution in [1.29, 1.82) is 5.26 Å². The van der Waals surface area contributed by atoms with Gasteiger partial charge in [-0.2, -0.15) is 5.26 Å². The van der Waals surface area contributed by atoms with Crippen LogP contribution in [0.4, 0.5) is 5.69 Å².